The molecule has 1 amide bonds. The topological polar surface area (TPSA) is 72.5 Å². The van der Waals surface area contributed by atoms with Crippen molar-refractivity contribution in [3.05, 3.63) is 58.3 Å². The Morgan fingerprint density at radius 3 is 2.50 bits per heavy atom. The average molecular weight is 345 g/mol. The standard InChI is InChI=1S/C18H19NO4S/c1-2-3-11-19-17(21)16(15(20)14-10-7-12-24-14)23-18(22)13-8-5-4-6-9-13/h4-10,12,16H,2-3,11H2,1H3,(H,19,21). The molecule has 0 aliphatic heterocycles. The van der Waals surface area contributed by atoms with Crippen molar-refractivity contribution in [2.45, 2.75) is 25.9 Å². The van der Waals surface area contributed by atoms with Gasteiger partial charge in [0.15, 0.2) is 0 Å². The Morgan fingerprint density at radius 1 is 1.12 bits per heavy atom. The predicted octanol–water partition coefficient (Wildman–Crippen LogP) is 3.07. The fourth-order valence-electron chi connectivity index (χ4n) is 2.00. The molecule has 0 aliphatic rings. The fraction of sp³-hybridized carbons (Fsp3) is 0.278. The highest BCUT2D eigenvalue weighted by molar-refractivity contribution is 7.12. The molecule has 0 aliphatic carbocycles. The van der Waals surface area contributed by atoms with Crippen LogP contribution in [0.1, 0.15) is 39.8 Å². The molecule has 1 aromatic heterocycles. The van der Waals surface area contributed by atoms with E-state index in [1.54, 1.807) is 47.8 Å². The molecule has 0 fully saturated rings. The quantitative estimate of drug-likeness (QED) is 0.345. The van der Waals surface area contributed by atoms with Gasteiger partial charge in [-0.05, 0) is 30.0 Å². The van der Waals surface area contributed by atoms with Gasteiger partial charge in [0.2, 0.25) is 11.9 Å². The van der Waals surface area contributed by atoms with Crippen LogP contribution < -0.4 is 5.32 Å². The molecule has 0 spiro atoms. The highest BCUT2D eigenvalue weighted by Crippen LogP contribution is 2.15. The number of thiophene rings is 1. The van der Waals surface area contributed by atoms with Crippen molar-refractivity contribution in [1.82, 2.24) is 5.32 Å². The molecule has 0 saturated heterocycles. The number of benzene rings is 1. The first-order valence-electron chi connectivity index (χ1n) is 7.75. The zero-order valence-corrected chi connectivity index (χ0v) is 14.2. The van der Waals surface area contributed by atoms with Gasteiger partial charge in [0.25, 0.3) is 5.91 Å². The van der Waals surface area contributed by atoms with Gasteiger partial charge in [-0.2, -0.15) is 0 Å². The summed E-state index contributed by atoms with van der Waals surface area (Å²) in [6.45, 7) is 2.43. The maximum absolute atomic E-state index is 12.5. The number of amides is 1. The van der Waals surface area contributed by atoms with Crippen molar-refractivity contribution in [3.63, 3.8) is 0 Å². The molecule has 6 heteroatoms. The van der Waals surface area contributed by atoms with Gasteiger partial charge in [-0.3, -0.25) is 9.59 Å². The van der Waals surface area contributed by atoms with Crippen molar-refractivity contribution in [3.8, 4) is 0 Å². The van der Waals surface area contributed by atoms with Crippen LogP contribution >= 0.6 is 11.3 Å². The lowest BCUT2D eigenvalue weighted by Gasteiger charge is -2.16. The molecule has 1 atom stereocenters. The van der Waals surface area contributed by atoms with E-state index < -0.39 is 23.8 Å². The number of hydrogen-bond donors (Lipinski definition) is 1. The predicted molar refractivity (Wildman–Crippen MR) is 92.2 cm³/mol. The number of carbonyl (C=O) groups is 3. The lowest BCUT2D eigenvalue weighted by molar-refractivity contribution is -0.127. The van der Waals surface area contributed by atoms with Crippen LogP contribution in [0.25, 0.3) is 0 Å². The third-order valence-electron chi connectivity index (χ3n) is 3.30. The van der Waals surface area contributed by atoms with Crippen LogP contribution in [0, 0.1) is 0 Å². The molecule has 1 aromatic carbocycles. The zero-order chi connectivity index (χ0) is 17.4. The monoisotopic (exact) mass is 345 g/mol. The summed E-state index contributed by atoms with van der Waals surface area (Å²) in [5.74, 6) is -1.80. The molecule has 2 aromatic rings. The number of hydrogen-bond acceptors (Lipinski definition) is 5. The van der Waals surface area contributed by atoms with E-state index in [0.29, 0.717) is 17.0 Å². The second kappa shape index (κ2) is 8.98. The number of ketones is 1. The molecule has 5 nitrogen and oxygen atoms in total. The number of rotatable bonds is 8. The van der Waals surface area contributed by atoms with Gasteiger partial charge in [0.1, 0.15) is 0 Å². The SMILES string of the molecule is CCCCNC(=O)C(OC(=O)c1ccccc1)C(=O)c1cccs1. The Bertz CT molecular complexity index is 682. The van der Waals surface area contributed by atoms with Crippen LogP contribution in [0.3, 0.4) is 0 Å². The summed E-state index contributed by atoms with van der Waals surface area (Å²) in [5.41, 5.74) is 0.294. The number of nitrogens with one attached hydrogen (secondary N) is 1. The molecule has 1 N–H and O–H groups in total. The highest BCUT2D eigenvalue weighted by Gasteiger charge is 2.32. The van der Waals surface area contributed by atoms with Crippen LogP contribution in [0.15, 0.2) is 47.8 Å². The minimum atomic E-state index is -1.48. The van der Waals surface area contributed by atoms with E-state index in [-0.39, 0.29) is 0 Å². The molecule has 0 saturated carbocycles. The number of ether oxygens (including phenoxy) is 1. The van der Waals surface area contributed by atoms with Crippen molar-refractivity contribution in [2.75, 3.05) is 6.54 Å². The maximum atomic E-state index is 12.5. The molecule has 1 unspecified atom stereocenters. The van der Waals surface area contributed by atoms with Crippen LogP contribution in [0.2, 0.25) is 0 Å². The summed E-state index contributed by atoms with van der Waals surface area (Å²) < 4.78 is 5.22. The van der Waals surface area contributed by atoms with Gasteiger partial charge in [0.05, 0.1) is 10.4 Å². The summed E-state index contributed by atoms with van der Waals surface area (Å²) >= 11 is 1.21. The van der Waals surface area contributed by atoms with Crippen molar-refractivity contribution in [1.29, 1.82) is 0 Å². The third-order valence-corrected chi connectivity index (χ3v) is 4.19. The Kier molecular flexibility index (Phi) is 6.69. The first kappa shape index (κ1) is 17.9. The molecule has 0 bridgehead atoms. The summed E-state index contributed by atoms with van der Waals surface area (Å²) in [4.78, 5) is 37.4. The van der Waals surface area contributed by atoms with Gasteiger partial charge in [-0.15, -0.1) is 11.3 Å². The van der Waals surface area contributed by atoms with Gasteiger partial charge in [-0.25, -0.2) is 4.79 Å². The molecule has 0 radical (unpaired) electrons. The van der Waals surface area contributed by atoms with Crippen molar-refractivity contribution >= 4 is 29.0 Å². The summed E-state index contributed by atoms with van der Waals surface area (Å²) in [6, 6.07) is 11.6. The lowest BCUT2D eigenvalue weighted by Crippen LogP contribution is -2.43. The van der Waals surface area contributed by atoms with Gasteiger partial charge in [-0.1, -0.05) is 37.6 Å². The van der Waals surface area contributed by atoms with E-state index in [1.165, 1.54) is 11.3 Å². The first-order valence-corrected chi connectivity index (χ1v) is 8.63. The number of esters is 1. The summed E-state index contributed by atoms with van der Waals surface area (Å²) in [5, 5.41) is 4.39. The van der Waals surface area contributed by atoms with E-state index in [4.69, 9.17) is 4.74 Å². The Balaban J connectivity index is 2.14. The second-order valence-electron chi connectivity index (χ2n) is 5.14. The molecule has 1 heterocycles. The van der Waals surface area contributed by atoms with Crippen LogP contribution in [-0.2, 0) is 9.53 Å². The fourth-order valence-corrected chi connectivity index (χ4v) is 2.69. The Labute approximate surface area is 144 Å². The van der Waals surface area contributed by atoms with Crippen LogP contribution in [0.5, 0.6) is 0 Å². The van der Waals surface area contributed by atoms with Gasteiger partial charge < -0.3 is 10.1 Å². The van der Waals surface area contributed by atoms with Crippen molar-refractivity contribution < 1.29 is 19.1 Å². The Hall–Kier alpha value is -2.47. The zero-order valence-electron chi connectivity index (χ0n) is 13.4. The van der Waals surface area contributed by atoms with Gasteiger partial charge in [0, 0.05) is 6.54 Å². The van der Waals surface area contributed by atoms with Gasteiger partial charge >= 0.3 is 5.97 Å². The lowest BCUT2D eigenvalue weighted by atomic mass is 10.1. The van der Waals surface area contributed by atoms with E-state index in [1.807, 2.05) is 6.92 Å². The molecule has 2 rings (SSSR count). The van der Waals surface area contributed by atoms with Crippen molar-refractivity contribution in [2.24, 2.45) is 0 Å². The second-order valence-corrected chi connectivity index (χ2v) is 6.09. The smallest absolute Gasteiger partial charge is 0.339 e. The summed E-state index contributed by atoms with van der Waals surface area (Å²) in [7, 11) is 0. The number of Topliss-reactive ketones (excluding diaryl/α,β-unsaturated/α-hetero) is 1. The minimum absolute atomic E-state index is 0.294. The third kappa shape index (κ3) is 4.76. The normalized spacial score (nSPS) is 11.5. The van der Waals surface area contributed by atoms with E-state index in [2.05, 4.69) is 5.32 Å². The van der Waals surface area contributed by atoms with E-state index in [9.17, 15) is 14.4 Å². The average Bonchev–Trinajstić information content (AvgIpc) is 3.14. The van der Waals surface area contributed by atoms with Crippen LogP contribution in [0.4, 0.5) is 0 Å². The van der Waals surface area contributed by atoms with Crippen LogP contribution in [-0.4, -0.2) is 30.3 Å². The molecule has 24 heavy (non-hydrogen) atoms. The number of carbonyl (C=O) groups excluding carboxylic acids is 3. The van der Waals surface area contributed by atoms with E-state index >= 15 is 0 Å². The highest BCUT2D eigenvalue weighted by atomic mass is 32.1. The molecular formula is C18H19NO4S. The Morgan fingerprint density at radius 2 is 1.88 bits per heavy atom. The molecular weight excluding hydrogens is 326 g/mol. The number of unbranched alkanes of at least 4 members (excludes halogenated alkanes) is 1. The first-order chi connectivity index (χ1) is 11.6. The minimum Gasteiger partial charge on any atom is -0.440 e. The van der Waals surface area contributed by atoms with E-state index in [0.717, 1.165) is 12.8 Å². The largest absolute Gasteiger partial charge is 0.440 e. The maximum Gasteiger partial charge on any atom is 0.339 e. The summed E-state index contributed by atoms with van der Waals surface area (Å²) in [6.07, 6.45) is 0.222. The molecule has 126 valence electrons.